The number of rotatable bonds is 14. The topological polar surface area (TPSA) is 192 Å². The zero-order valence-corrected chi connectivity index (χ0v) is 23.8. The highest BCUT2D eigenvalue weighted by Gasteiger charge is 2.24. The number of carbonyl (C=O) groups is 5. The number of hydrogen-bond acceptors (Lipinski definition) is 7. The van der Waals surface area contributed by atoms with E-state index >= 15 is 0 Å². The minimum atomic E-state index is -0.996. The van der Waals surface area contributed by atoms with Gasteiger partial charge >= 0.3 is 0 Å². The molecule has 0 aliphatic rings. The highest BCUT2D eigenvalue weighted by molar-refractivity contribution is 5.94. The Morgan fingerprint density at radius 1 is 0.707 bits per heavy atom. The molecule has 0 unspecified atom stereocenters. The van der Waals surface area contributed by atoms with Crippen molar-refractivity contribution < 1.29 is 29.1 Å². The molecule has 2 aromatic carbocycles. The average molecular weight is 569 g/mol. The van der Waals surface area contributed by atoms with Crippen LogP contribution in [0, 0.1) is 6.92 Å². The molecule has 12 heteroatoms. The van der Waals surface area contributed by atoms with Gasteiger partial charge in [0.05, 0.1) is 19.1 Å². The molecule has 3 atom stereocenters. The summed E-state index contributed by atoms with van der Waals surface area (Å²) in [5.74, 6) is -2.61. The second-order valence-electron chi connectivity index (χ2n) is 10.2. The minimum Gasteiger partial charge on any atom is -0.508 e. The molecule has 2 rings (SSSR count). The monoisotopic (exact) mass is 568 g/mol. The van der Waals surface area contributed by atoms with Crippen LogP contribution < -0.4 is 32.3 Å². The lowest BCUT2D eigenvalue weighted by Crippen LogP contribution is -2.54. The van der Waals surface area contributed by atoms with E-state index < -0.39 is 48.3 Å². The number of nitrogens with one attached hydrogen (secondary N) is 5. The summed E-state index contributed by atoms with van der Waals surface area (Å²) in [6.07, 6.45) is 0.370. The van der Waals surface area contributed by atoms with Crippen molar-refractivity contribution in [3.8, 4) is 5.75 Å². The van der Waals surface area contributed by atoms with Crippen LogP contribution in [0.2, 0.25) is 0 Å². The van der Waals surface area contributed by atoms with Crippen molar-refractivity contribution in [1.82, 2.24) is 26.6 Å². The molecule has 0 fully saturated rings. The van der Waals surface area contributed by atoms with E-state index in [2.05, 4.69) is 26.6 Å². The SMILES string of the molecule is Cc1ccc(C[C@H](NC(=O)CNC(=O)[C@@H](C)NC(=O)[C@@H](N)Cc2ccc(O)cc2)C(=O)NCC(=O)NC(C)C)cc1. The molecule has 12 nitrogen and oxygen atoms in total. The first-order valence-corrected chi connectivity index (χ1v) is 13.4. The maximum absolute atomic E-state index is 12.9. The molecule has 41 heavy (non-hydrogen) atoms. The van der Waals surface area contributed by atoms with Crippen LogP contribution in [0.25, 0.3) is 0 Å². The van der Waals surface area contributed by atoms with Crippen LogP contribution in [0.15, 0.2) is 48.5 Å². The fourth-order valence-electron chi connectivity index (χ4n) is 3.76. The van der Waals surface area contributed by atoms with Gasteiger partial charge in [0, 0.05) is 12.5 Å². The molecule has 0 saturated heterocycles. The molecule has 0 bridgehead atoms. The molecule has 0 radical (unpaired) electrons. The second-order valence-corrected chi connectivity index (χ2v) is 10.2. The Balaban J connectivity index is 1.90. The van der Waals surface area contributed by atoms with E-state index in [9.17, 15) is 29.1 Å². The van der Waals surface area contributed by atoms with Gasteiger partial charge in [-0.05, 0) is 57.4 Å². The van der Waals surface area contributed by atoms with Gasteiger partial charge in [-0.25, -0.2) is 0 Å². The van der Waals surface area contributed by atoms with Crippen LogP contribution in [0.3, 0.4) is 0 Å². The number of carbonyl (C=O) groups excluding carboxylic acids is 5. The molecule has 8 N–H and O–H groups in total. The highest BCUT2D eigenvalue weighted by atomic mass is 16.3. The molecule has 0 aliphatic heterocycles. The third kappa shape index (κ3) is 12.1. The summed E-state index contributed by atoms with van der Waals surface area (Å²) in [4.78, 5) is 62.4. The first-order chi connectivity index (χ1) is 19.3. The summed E-state index contributed by atoms with van der Waals surface area (Å²) in [7, 11) is 0. The van der Waals surface area contributed by atoms with Crippen molar-refractivity contribution in [1.29, 1.82) is 0 Å². The van der Waals surface area contributed by atoms with Crippen LogP contribution in [0.5, 0.6) is 5.75 Å². The minimum absolute atomic E-state index is 0.0896. The average Bonchev–Trinajstić information content (AvgIpc) is 2.91. The predicted octanol–water partition coefficient (Wildman–Crippen LogP) is -0.440. The summed E-state index contributed by atoms with van der Waals surface area (Å²) >= 11 is 0. The van der Waals surface area contributed by atoms with Gasteiger partial charge in [0.15, 0.2) is 0 Å². The Morgan fingerprint density at radius 3 is 1.80 bits per heavy atom. The molecule has 0 heterocycles. The Bertz CT molecular complexity index is 1200. The molecule has 222 valence electrons. The van der Waals surface area contributed by atoms with Gasteiger partial charge in [-0.15, -0.1) is 0 Å². The number of amides is 5. The lowest BCUT2D eigenvalue weighted by molar-refractivity contribution is -0.132. The summed E-state index contributed by atoms with van der Waals surface area (Å²) in [6, 6.07) is 10.7. The lowest BCUT2D eigenvalue weighted by Gasteiger charge is -2.20. The van der Waals surface area contributed by atoms with Gasteiger partial charge in [0.1, 0.15) is 17.8 Å². The number of aryl methyl sites for hydroxylation is 1. The van der Waals surface area contributed by atoms with E-state index in [0.29, 0.717) is 0 Å². The molecule has 0 aliphatic carbocycles. The van der Waals surface area contributed by atoms with Crippen LogP contribution in [0.4, 0.5) is 0 Å². The van der Waals surface area contributed by atoms with Gasteiger partial charge in [-0.3, -0.25) is 24.0 Å². The smallest absolute Gasteiger partial charge is 0.243 e. The predicted molar refractivity (Wildman–Crippen MR) is 154 cm³/mol. The van der Waals surface area contributed by atoms with E-state index in [0.717, 1.165) is 16.7 Å². The largest absolute Gasteiger partial charge is 0.508 e. The lowest BCUT2D eigenvalue weighted by atomic mass is 10.0. The maximum atomic E-state index is 12.9. The van der Waals surface area contributed by atoms with Crippen LogP contribution >= 0.6 is 0 Å². The van der Waals surface area contributed by atoms with Crippen LogP contribution in [-0.2, 0) is 36.8 Å². The Labute approximate surface area is 239 Å². The van der Waals surface area contributed by atoms with Crippen LogP contribution in [0.1, 0.15) is 37.5 Å². The molecular weight excluding hydrogens is 528 g/mol. The number of aromatic hydroxyl groups is 1. The van der Waals surface area contributed by atoms with E-state index in [-0.39, 0.29) is 37.1 Å². The van der Waals surface area contributed by atoms with Crippen molar-refractivity contribution in [3.05, 3.63) is 65.2 Å². The summed E-state index contributed by atoms with van der Waals surface area (Å²) in [5.41, 5.74) is 8.52. The molecule has 0 aromatic heterocycles. The van der Waals surface area contributed by atoms with Crippen molar-refractivity contribution in [2.75, 3.05) is 13.1 Å². The van der Waals surface area contributed by atoms with Gasteiger partial charge in [-0.1, -0.05) is 42.0 Å². The molecule has 5 amide bonds. The first-order valence-electron chi connectivity index (χ1n) is 13.4. The molecule has 0 saturated carbocycles. The first kappa shape index (κ1) is 32.8. The normalized spacial score (nSPS) is 12.9. The third-order valence-corrected chi connectivity index (χ3v) is 5.99. The quantitative estimate of drug-likeness (QED) is 0.161. The van der Waals surface area contributed by atoms with E-state index in [1.54, 1.807) is 26.0 Å². The number of hydrogen-bond donors (Lipinski definition) is 7. The maximum Gasteiger partial charge on any atom is 0.243 e. The Kier molecular flexibility index (Phi) is 12.8. The number of nitrogens with two attached hydrogens (primary N) is 1. The Morgan fingerprint density at radius 2 is 1.22 bits per heavy atom. The number of phenolic OH excluding ortho intramolecular Hbond substituents is 1. The van der Waals surface area contributed by atoms with Crippen molar-refractivity contribution in [2.45, 2.75) is 64.7 Å². The van der Waals surface area contributed by atoms with Crippen molar-refractivity contribution in [3.63, 3.8) is 0 Å². The number of benzene rings is 2. The summed E-state index contributed by atoms with van der Waals surface area (Å²) in [5, 5.41) is 22.1. The van der Waals surface area contributed by atoms with Crippen LogP contribution in [-0.4, -0.2) is 71.9 Å². The van der Waals surface area contributed by atoms with Gasteiger partial charge < -0.3 is 37.4 Å². The standard InChI is InChI=1S/C29H40N6O6/c1-17(2)33-25(37)15-32-29(41)24(14-21-7-5-18(3)6-8-21)35-26(38)16-31-27(39)19(4)34-28(40)23(30)13-20-9-11-22(36)12-10-20/h5-12,17,19,23-24,36H,13-16,30H2,1-4H3,(H,31,39)(H,32,41)(H,33,37)(H,34,40)(H,35,38)/t19-,23+,24+/m1/s1. The third-order valence-electron chi connectivity index (χ3n) is 5.99. The number of phenols is 1. The molecule has 0 spiro atoms. The summed E-state index contributed by atoms with van der Waals surface area (Å²) in [6.45, 7) is 6.29. The van der Waals surface area contributed by atoms with Crippen molar-refractivity contribution >= 4 is 29.5 Å². The van der Waals surface area contributed by atoms with E-state index in [4.69, 9.17) is 5.73 Å². The van der Waals surface area contributed by atoms with Gasteiger partial charge in [-0.2, -0.15) is 0 Å². The summed E-state index contributed by atoms with van der Waals surface area (Å²) < 4.78 is 0. The van der Waals surface area contributed by atoms with Crippen molar-refractivity contribution in [2.24, 2.45) is 5.73 Å². The van der Waals surface area contributed by atoms with E-state index in [1.807, 2.05) is 31.2 Å². The molecule has 2 aromatic rings. The highest BCUT2D eigenvalue weighted by Crippen LogP contribution is 2.11. The zero-order valence-electron chi connectivity index (χ0n) is 23.8. The van der Waals surface area contributed by atoms with Gasteiger partial charge in [0.2, 0.25) is 29.5 Å². The Hall–Kier alpha value is -4.45. The molecular formula is C29H40N6O6. The zero-order chi connectivity index (χ0) is 30.5. The van der Waals surface area contributed by atoms with Gasteiger partial charge in [0.25, 0.3) is 0 Å². The second kappa shape index (κ2) is 16.0. The van der Waals surface area contributed by atoms with E-state index in [1.165, 1.54) is 19.1 Å². The fourth-order valence-corrected chi connectivity index (χ4v) is 3.76. The fraction of sp³-hybridized carbons (Fsp3) is 0.414.